The number of rotatable bonds is 2. The van der Waals surface area contributed by atoms with Crippen LogP contribution in [-0.4, -0.2) is 49.3 Å². The predicted molar refractivity (Wildman–Crippen MR) is 66.6 cm³/mol. The molecule has 2 N–H and O–H groups in total. The molecule has 6 nitrogen and oxygen atoms in total. The molecule has 3 fully saturated rings. The summed E-state index contributed by atoms with van der Waals surface area (Å²) in [6, 6.07) is 0.341. The summed E-state index contributed by atoms with van der Waals surface area (Å²) in [6.45, 7) is 0. The minimum atomic E-state index is -0.254. The summed E-state index contributed by atoms with van der Waals surface area (Å²) in [7, 11) is 0. The van der Waals surface area contributed by atoms with Gasteiger partial charge in [-0.3, -0.25) is 9.89 Å². The molecule has 6 heteroatoms. The van der Waals surface area contributed by atoms with E-state index in [1.165, 1.54) is 0 Å². The minimum absolute atomic E-state index is 0.0671. The zero-order valence-electron chi connectivity index (χ0n) is 10.7. The van der Waals surface area contributed by atoms with Crippen molar-refractivity contribution in [1.29, 1.82) is 0 Å². The van der Waals surface area contributed by atoms with Crippen LogP contribution in [0.1, 0.15) is 60.9 Å². The van der Waals surface area contributed by atoms with Crippen LogP contribution in [0.25, 0.3) is 0 Å². The molecule has 1 amide bonds. The standard InChI is InChI=1S/C13H18N4O2/c18-10-5-8-3-4-9(6-10)17(8)13(19)12-14-11(15-16-12)7-1-2-7/h7-10,18H,1-6H2,(H,14,15,16). The van der Waals surface area contributed by atoms with Crippen molar-refractivity contribution in [1.82, 2.24) is 20.1 Å². The molecule has 1 aromatic rings. The van der Waals surface area contributed by atoms with Gasteiger partial charge in [-0.25, -0.2) is 4.98 Å². The SMILES string of the molecule is O=C(c1n[nH]c(C2CC2)n1)N1C2CCC1CC(O)C2. The smallest absolute Gasteiger partial charge is 0.294 e. The van der Waals surface area contributed by atoms with Crippen molar-refractivity contribution < 1.29 is 9.90 Å². The molecular weight excluding hydrogens is 244 g/mol. The summed E-state index contributed by atoms with van der Waals surface area (Å²) in [5.74, 6) is 1.57. The van der Waals surface area contributed by atoms with E-state index in [1.54, 1.807) is 0 Å². The van der Waals surface area contributed by atoms with Crippen molar-refractivity contribution in [3.8, 4) is 0 Å². The average molecular weight is 262 g/mol. The lowest BCUT2D eigenvalue weighted by molar-refractivity contribution is 0.0278. The number of nitrogens with one attached hydrogen (secondary N) is 1. The Balaban J connectivity index is 1.56. The van der Waals surface area contributed by atoms with Crippen LogP contribution < -0.4 is 0 Å². The monoisotopic (exact) mass is 262 g/mol. The predicted octanol–water partition coefficient (Wildman–Crippen LogP) is 0.810. The summed E-state index contributed by atoms with van der Waals surface area (Å²) in [4.78, 5) is 18.8. The Morgan fingerprint density at radius 2 is 1.89 bits per heavy atom. The van der Waals surface area contributed by atoms with Gasteiger partial charge in [-0.1, -0.05) is 0 Å². The maximum absolute atomic E-state index is 12.5. The summed E-state index contributed by atoms with van der Waals surface area (Å²) in [5.41, 5.74) is 0. The molecule has 1 aromatic heterocycles. The third-order valence-corrected chi connectivity index (χ3v) is 4.60. The first-order chi connectivity index (χ1) is 9.22. The quantitative estimate of drug-likeness (QED) is 0.826. The lowest BCUT2D eigenvalue weighted by Gasteiger charge is -2.36. The Morgan fingerprint density at radius 3 is 2.53 bits per heavy atom. The van der Waals surface area contributed by atoms with Gasteiger partial charge >= 0.3 is 0 Å². The van der Waals surface area contributed by atoms with Crippen LogP contribution in [0, 0.1) is 0 Å². The van der Waals surface area contributed by atoms with Gasteiger partial charge in [0.05, 0.1) is 6.10 Å². The lowest BCUT2D eigenvalue weighted by Crippen LogP contribution is -2.48. The largest absolute Gasteiger partial charge is 0.393 e. The van der Waals surface area contributed by atoms with E-state index in [1.807, 2.05) is 4.90 Å². The zero-order valence-corrected chi connectivity index (χ0v) is 10.7. The second kappa shape index (κ2) is 4.03. The molecule has 102 valence electrons. The molecule has 0 spiro atoms. The van der Waals surface area contributed by atoms with E-state index in [0.29, 0.717) is 24.6 Å². The van der Waals surface area contributed by atoms with Crippen LogP contribution in [0.2, 0.25) is 0 Å². The molecule has 3 heterocycles. The molecular formula is C13H18N4O2. The number of hydrogen-bond acceptors (Lipinski definition) is 4. The third-order valence-electron chi connectivity index (χ3n) is 4.60. The molecule has 1 saturated carbocycles. The second-order valence-electron chi connectivity index (χ2n) is 6.04. The Kier molecular flexibility index (Phi) is 2.42. The molecule has 2 bridgehead atoms. The third kappa shape index (κ3) is 1.85. The topological polar surface area (TPSA) is 82.1 Å². The van der Waals surface area contributed by atoms with Gasteiger partial charge in [0, 0.05) is 18.0 Å². The first-order valence-electron chi connectivity index (χ1n) is 7.15. The van der Waals surface area contributed by atoms with Gasteiger partial charge in [-0.2, -0.15) is 0 Å². The van der Waals surface area contributed by atoms with Crippen molar-refractivity contribution in [3.05, 3.63) is 11.6 Å². The summed E-state index contributed by atoms with van der Waals surface area (Å²) in [6.07, 6.45) is 5.41. The van der Waals surface area contributed by atoms with Crippen LogP contribution in [0.15, 0.2) is 0 Å². The molecule has 3 aliphatic rings. The van der Waals surface area contributed by atoms with Crippen LogP contribution >= 0.6 is 0 Å². The number of aliphatic hydroxyl groups excluding tert-OH is 1. The molecule has 19 heavy (non-hydrogen) atoms. The fraction of sp³-hybridized carbons (Fsp3) is 0.769. The van der Waals surface area contributed by atoms with Crippen LogP contribution in [0.5, 0.6) is 0 Å². The highest BCUT2D eigenvalue weighted by Crippen LogP contribution is 2.39. The van der Waals surface area contributed by atoms with E-state index in [0.717, 1.165) is 31.5 Å². The minimum Gasteiger partial charge on any atom is -0.393 e. The van der Waals surface area contributed by atoms with Crippen LogP contribution in [-0.2, 0) is 0 Å². The van der Waals surface area contributed by atoms with Crippen molar-refractivity contribution in [2.24, 2.45) is 0 Å². The number of hydrogen-bond donors (Lipinski definition) is 2. The maximum Gasteiger partial charge on any atom is 0.294 e. The van der Waals surface area contributed by atoms with Crippen LogP contribution in [0.3, 0.4) is 0 Å². The number of piperidine rings is 1. The van der Waals surface area contributed by atoms with Gasteiger partial charge in [-0.15, -0.1) is 5.10 Å². The highest BCUT2D eigenvalue weighted by molar-refractivity contribution is 5.91. The van der Waals surface area contributed by atoms with E-state index in [-0.39, 0.29) is 24.1 Å². The van der Waals surface area contributed by atoms with Gasteiger partial charge in [0.25, 0.3) is 5.91 Å². The Labute approximate surface area is 111 Å². The van der Waals surface area contributed by atoms with Crippen molar-refractivity contribution in [2.45, 2.75) is 62.6 Å². The lowest BCUT2D eigenvalue weighted by atomic mass is 10.00. The van der Waals surface area contributed by atoms with E-state index in [2.05, 4.69) is 15.2 Å². The molecule has 2 atom stereocenters. The van der Waals surface area contributed by atoms with Crippen molar-refractivity contribution in [2.75, 3.05) is 0 Å². The number of H-pyrrole nitrogens is 1. The van der Waals surface area contributed by atoms with Gasteiger partial charge < -0.3 is 10.0 Å². The first kappa shape index (κ1) is 11.4. The van der Waals surface area contributed by atoms with E-state index >= 15 is 0 Å². The molecule has 1 aliphatic carbocycles. The second-order valence-corrected chi connectivity index (χ2v) is 6.04. The Bertz CT molecular complexity index is 496. The maximum atomic E-state index is 12.5. The fourth-order valence-corrected chi connectivity index (χ4v) is 3.50. The first-order valence-corrected chi connectivity index (χ1v) is 7.15. The molecule has 2 saturated heterocycles. The van der Waals surface area contributed by atoms with Gasteiger partial charge in [-0.05, 0) is 38.5 Å². The average Bonchev–Trinajstić information content (AvgIpc) is 3.05. The van der Waals surface area contributed by atoms with Crippen molar-refractivity contribution in [3.63, 3.8) is 0 Å². The number of fused-ring (bicyclic) bond motifs is 2. The number of nitrogens with zero attached hydrogens (tertiary/aromatic N) is 3. The molecule has 2 aliphatic heterocycles. The number of aliphatic hydroxyl groups is 1. The van der Waals surface area contributed by atoms with E-state index in [4.69, 9.17) is 0 Å². The number of aromatic nitrogens is 3. The van der Waals surface area contributed by atoms with Gasteiger partial charge in [0.15, 0.2) is 0 Å². The zero-order chi connectivity index (χ0) is 13.0. The fourth-order valence-electron chi connectivity index (χ4n) is 3.50. The summed E-state index contributed by atoms with van der Waals surface area (Å²) < 4.78 is 0. The highest BCUT2D eigenvalue weighted by atomic mass is 16.3. The summed E-state index contributed by atoms with van der Waals surface area (Å²) in [5, 5.41) is 16.7. The highest BCUT2D eigenvalue weighted by Gasteiger charge is 2.44. The number of carbonyl (C=O) groups excluding carboxylic acids is 1. The van der Waals surface area contributed by atoms with E-state index < -0.39 is 0 Å². The van der Waals surface area contributed by atoms with E-state index in [9.17, 15) is 9.90 Å². The Hall–Kier alpha value is -1.43. The number of aromatic amines is 1. The molecule has 4 rings (SSSR count). The van der Waals surface area contributed by atoms with Gasteiger partial charge in [0.1, 0.15) is 5.82 Å². The molecule has 0 radical (unpaired) electrons. The number of carbonyl (C=O) groups is 1. The van der Waals surface area contributed by atoms with Crippen molar-refractivity contribution >= 4 is 5.91 Å². The molecule has 0 aromatic carbocycles. The summed E-state index contributed by atoms with van der Waals surface area (Å²) >= 11 is 0. The van der Waals surface area contributed by atoms with Gasteiger partial charge in [0.2, 0.25) is 5.82 Å². The number of amides is 1. The Morgan fingerprint density at radius 1 is 1.21 bits per heavy atom. The van der Waals surface area contributed by atoms with Crippen LogP contribution in [0.4, 0.5) is 0 Å². The molecule has 2 unspecified atom stereocenters. The normalized spacial score (nSPS) is 33.7.